The number of hydrogen-bond acceptors (Lipinski definition) is 6. The minimum absolute atomic E-state index is 0.0938. The lowest BCUT2D eigenvalue weighted by atomic mass is 9.95. The van der Waals surface area contributed by atoms with Gasteiger partial charge in [0.1, 0.15) is 18.1 Å². The first-order chi connectivity index (χ1) is 15.3. The summed E-state index contributed by atoms with van der Waals surface area (Å²) in [5, 5.41) is 17.0. The average Bonchev–Trinajstić information content (AvgIpc) is 2.75. The topological polar surface area (TPSA) is 194 Å². The van der Waals surface area contributed by atoms with Gasteiger partial charge < -0.3 is 32.5 Å². The minimum Gasteiger partial charge on any atom is -0.480 e. The molecule has 11 heteroatoms. The van der Waals surface area contributed by atoms with Crippen molar-refractivity contribution in [2.45, 2.75) is 91.4 Å². The molecule has 4 amide bonds. The van der Waals surface area contributed by atoms with Crippen LogP contribution in [-0.4, -0.2) is 58.9 Å². The zero-order valence-corrected chi connectivity index (χ0v) is 20.5. The molecule has 0 saturated carbocycles. The van der Waals surface area contributed by atoms with Crippen LogP contribution < -0.4 is 27.4 Å². The van der Waals surface area contributed by atoms with E-state index >= 15 is 0 Å². The van der Waals surface area contributed by atoms with E-state index in [1.165, 1.54) is 0 Å². The van der Waals surface area contributed by atoms with Crippen molar-refractivity contribution in [3.05, 3.63) is 0 Å². The Morgan fingerprint density at radius 3 is 1.73 bits per heavy atom. The predicted octanol–water partition coefficient (Wildman–Crippen LogP) is -0.134. The van der Waals surface area contributed by atoms with E-state index < -0.39 is 59.7 Å². The average molecular weight is 472 g/mol. The van der Waals surface area contributed by atoms with E-state index in [4.69, 9.17) is 11.5 Å². The molecule has 0 bridgehead atoms. The van der Waals surface area contributed by atoms with E-state index in [9.17, 15) is 29.1 Å². The molecule has 0 saturated heterocycles. The highest BCUT2D eigenvalue weighted by Gasteiger charge is 2.33. The highest BCUT2D eigenvalue weighted by Crippen LogP contribution is 2.12. The highest BCUT2D eigenvalue weighted by molar-refractivity contribution is 5.94. The summed E-state index contributed by atoms with van der Waals surface area (Å²) in [6.45, 7) is 10.6. The van der Waals surface area contributed by atoms with Crippen LogP contribution in [0.1, 0.15) is 67.2 Å². The maximum absolute atomic E-state index is 13.1. The first-order valence-electron chi connectivity index (χ1n) is 11.4. The lowest BCUT2D eigenvalue weighted by Crippen LogP contribution is -2.59. The summed E-state index contributed by atoms with van der Waals surface area (Å²) in [5.41, 5.74) is 11.2. The molecule has 0 radical (unpaired) electrons. The molecular formula is C22H41N5O6. The first kappa shape index (κ1) is 30.3. The van der Waals surface area contributed by atoms with Crippen LogP contribution in [0, 0.1) is 17.8 Å². The summed E-state index contributed by atoms with van der Waals surface area (Å²) < 4.78 is 0. The van der Waals surface area contributed by atoms with E-state index in [0.29, 0.717) is 12.8 Å². The van der Waals surface area contributed by atoms with Gasteiger partial charge in [-0.2, -0.15) is 0 Å². The van der Waals surface area contributed by atoms with Gasteiger partial charge in [-0.15, -0.1) is 0 Å². The molecule has 0 aliphatic heterocycles. The van der Waals surface area contributed by atoms with Crippen molar-refractivity contribution < 1.29 is 29.1 Å². The second-order valence-corrected chi connectivity index (χ2v) is 8.92. The normalized spacial score (nSPS) is 16.6. The minimum atomic E-state index is -1.22. The van der Waals surface area contributed by atoms with E-state index in [-0.39, 0.29) is 24.7 Å². The SMILES string of the molecule is CCC(C)C(N)C(=O)NC(C(=O)NC(CCC(N)=O)C(=O)NC(C(=O)O)C(C)C)C(C)CC. The summed E-state index contributed by atoms with van der Waals surface area (Å²) in [7, 11) is 0. The Hall–Kier alpha value is -2.69. The van der Waals surface area contributed by atoms with Gasteiger partial charge in [0.05, 0.1) is 6.04 Å². The Labute approximate surface area is 195 Å². The first-order valence-corrected chi connectivity index (χ1v) is 11.4. The van der Waals surface area contributed by atoms with E-state index in [0.717, 1.165) is 0 Å². The molecule has 0 fully saturated rings. The number of amides is 4. The number of nitrogens with one attached hydrogen (secondary N) is 3. The molecule has 11 nitrogen and oxygen atoms in total. The summed E-state index contributed by atoms with van der Waals surface area (Å²) in [4.78, 5) is 61.2. The van der Waals surface area contributed by atoms with Gasteiger partial charge >= 0.3 is 5.97 Å². The van der Waals surface area contributed by atoms with E-state index in [1.807, 2.05) is 20.8 Å². The lowest BCUT2D eigenvalue weighted by Gasteiger charge is -2.29. The predicted molar refractivity (Wildman–Crippen MR) is 124 cm³/mol. The zero-order valence-electron chi connectivity index (χ0n) is 20.5. The highest BCUT2D eigenvalue weighted by atomic mass is 16.4. The Morgan fingerprint density at radius 2 is 1.30 bits per heavy atom. The molecule has 0 aromatic rings. The number of carboxylic acids is 1. The number of aliphatic carboxylic acids is 1. The number of carbonyl (C=O) groups is 5. The number of carbonyl (C=O) groups excluding carboxylic acids is 4. The summed E-state index contributed by atoms with van der Waals surface area (Å²) in [6, 6.07) is -4.16. The Bertz CT molecular complexity index is 699. The fourth-order valence-corrected chi connectivity index (χ4v) is 3.05. The van der Waals surface area contributed by atoms with E-state index in [2.05, 4.69) is 16.0 Å². The summed E-state index contributed by atoms with van der Waals surface area (Å²) >= 11 is 0. The zero-order chi connectivity index (χ0) is 25.9. The van der Waals surface area contributed by atoms with Gasteiger partial charge in [-0.25, -0.2) is 4.79 Å². The van der Waals surface area contributed by atoms with Gasteiger partial charge in [0, 0.05) is 6.42 Å². The van der Waals surface area contributed by atoms with Crippen LogP contribution in [0.5, 0.6) is 0 Å². The van der Waals surface area contributed by atoms with Crippen molar-refractivity contribution in [1.82, 2.24) is 16.0 Å². The maximum atomic E-state index is 13.1. The van der Waals surface area contributed by atoms with Crippen LogP contribution in [0.3, 0.4) is 0 Å². The van der Waals surface area contributed by atoms with Crippen LogP contribution in [0.2, 0.25) is 0 Å². The Morgan fingerprint density at radius 1 is 0.788 bits per heavy atom. The lowest BCUT2D eigenvalue weighted by molar-refractivity contribution is -0.143. The molecule has 0 aliphatic rings. The van der Waals surface area contributed by atoms with Crippen molar-refractivity contribution in [2.24, 2.45) is 29.2 Å². The second-order valence-electron chi connectivity index (χ2n) is 8.92. The molecule has 8 N–H and O–H groups in total. The number of primary amides is 1. The van der Waals surface area contributed by atoms with Gasteiger partial charge in [-0.05, 0) is 24.2 Å². The van der Waals surface area contributed by atoms with Crippen LogP contribution in [-0.2, 0) is 24.0 Å². The Kier molecular flexibility index (Phi) is 13.3. The van der Waals surface area contributed by atoms with Crippen LogP contribution in [0.25, 0.3) is 0 Å². The Balaban J connectivity index is 5.66. The second kappa shape index (κ2) is 14.5. The molecule has 190 valence electrons. The molecule has 6 atom stereocenters. The fourth-order valence-electron chi connectivity index (χ4n) is 3.05. The van der Waals surface area contributed by atoms with Crippen molar-refractivity contribution in [1.29, 1.82) is 0 Å². The van der Waals surface area contributed by atoms with Gasteiger partial charge in [0.2, 0.25) is 23.6 Å². The maximum Gasteiger partial charge on any atom is 0.326 e. The molecule has 0 aromatic carbocycles. The molecule has 33 heavy (non-hydrogen) atoms. The number of nitrogens with two attached hydrogens (primary N) is 2. The van der Waals surface area contributed by atoms with Gasteiger partial charge in [0.25, 0.3) is 0 Å². The monoisotopic (exact) mass is 471 g/mol. The third kappa shape index (κ3) is 10.2. The van der Waals surface area contributed by atoms with E-state index in [1.54, 1.807) is 20.8 Å². The summed E-state index contributed by atoms with van der Waals surface area (Å²) in [5.74, 6) is -4.54. The molecule has 0 heterocycles. The van der Waals surface area contributed by atoms with Crippen molar-refractivity contribution in [3.8, 4) is 0 Å². The van der Waals surface area contributed by atoms with Crippen molar-refractivity contribution >= 4 is 29.6 Å². The van der Waals surface area contributed by atoms with Gasteiger partial charge in [-0.1, -0.05) is 54.4 Å². The third-order valence-corrected chi connectivity index (χ3v) is 5.90. The standard InChI is InChI=1S/C22H41N5O6/c1-7-12(5)16(24)20(30)27-18(13(6)8-2)21(31)25-14(9-10-15(23)28)19(29)26-17(11(3)4)22(32)33/h11-14,16-18H,7-10,24H2,1-6H3,(H2,23,28)(H,25,31)(H,26,29)(H,27,30)(H,32,33). The van der Waals surface area contributed by atoms with Gasteiger partial charge in [-0.3, -0.25) is 19.2 Å². The molecule has 0 rings (SSSR count). The largest absolute Gasteiger partial charge is 0.480 e. The summed E-state index contributed by atoms with van der Waals surface area (Å²) in [6.07, 6.45) is 0.927. The van der Waals surface area contributed by atoms with Crippen molar-refractivity contribution in [3.63, 3.8) is 0 Å². The van der Waals surface area contributed by atoms with Gasteiger partial charge in [0.15, 0.2) is 0 Å². The van der Waals surface area contributed by atoms with Crippen molar-refractivity contribution in [2.75, 3.05) is 0 Å². The molecule has 6 unspecified atom stereocenters. The van der Waals surface area contributed by atoms with Crippen LogP contribution >= 0.6 is 0 Å². The number of carboxylic acid groups (broad SMARTS) is 1. The quantitative estimate of drug-likeness (QED) is 0.191. The fraction of sp³-hybridized carbons (Fsp3) is 0.773. The van der Waals surface area contributed by atoms with Crippen LogP contribution in [0.4, 0.5) is 0 Å². The number of hydrogen-bond donors (Lipinski definition) is 6. The molecule has 0 aliphatic carbocycles. The molecule has 0 aromatic heterocycles. The number of rotatable bonds is 15. The molecule has 0 spiro atoms. The molecular weight excluding hydrogens is 430 g/mol. The van der Waals surface area contributed by atoms with Crippen LogP contribution in [0.15, 0.2) is 0 Å². The smallest absolute Gasteiger partial charge is 0.326 e. The third-order valence-electron chi connectivity index (χ3n) is 5.90.